The maximum Gasteiger partial charge on any atom is 0.255 e. The van der Waals surface area contributed by atoms with Gasteiger partial charge in [0, 0.05) is 19.2 Å². The number of halogens is 1. The maximum absolute atomic E-state index is 12.7. The number of benzene rings is 1. The number of carbonyl (C=O) groups is 1. The molecule has 0 bridgehead atoms. The van der Waals surface area contributed by atoms with Crippen molar-refractivity contribution in [1.82, 2.24) is 10.6 Å². The smallest absolute Gasteiger partial charge is 0.255 e. The maximum atomic E-state index is 12.7. The molecule has 0 aliphatic carbocycles. The van der Waals surface area contributed by atoms with E-state index in [1.54, 1.807) is 0 Å². The third-order valence-corrected chi connectivity index (χ3v) is 2.22. The molecule has 1 aromatic carbocycles. The van der Waals surface area contributed by atoms with Crippen LogP contribution < -0.4 is 10.6 Å². The molecule has 0 atom stereocenters. The lowest BCUT2D eigenvalue weighted by atomic mass is 10.2. The summed E-state index contributed by atoms with van der Waals surface area (Å²) in [6.45, 7) is 4.09. The SMILES string of the molecule is CCCNCCNC(=O)c1ccc(F)cc1O. The molecule has 94 valence electrons. The molecule has 0 aliphatic heterocycles. The number of phenolic OH excluding ortho intramolecular Hbond substituents is 1. The van der Waals surface area contributed by atoms with Crippen molar-refractivity contribution in [3.05, 3.63) is 29.6 Å². The van der Waals surface area contributed by atoms with Crippen molar-refractivity contribution in [3.8, 4) is 5.75 Å². The molecule has 3 N–H and O–H groups in total. The van der Waals surface area contributed by atoms with Crippen LogP contribution in [0.3, 0.4) is 0 Å². The average molecular weight is 240 g/mol. The predicted octanol–water partition coefficient (Wildman–Crippen LogP) is 1.26. The first kappa shape index (κ1) is 13.4. The number of aromatic hydroxyl groups is 1. The number of carbonyl (C=O) groups excluding carboxylic acids is 1. The van der Waals surface area contributed by atoms with E-state index in [4.69, 9.17) is 0 Å². The first-order chi connectivity index (χ1) is 8.15. The molecule has 1 rings (SSSR count). The first-order valence-electron chi connectivity index (χ1n) is 5.62. The fraction of sp³-hybridized carbons (Fsp3) is 0.417. The number of nitrogens with one attached hydrogen (secondary N) is 2. The number of rotatable bonds is 6. The minimum Gasteiger partial charge on any atom is -0.507 e. The lowest BCUT2D eigenvalue weighted by molar-refractivity contribution is 0.0951. The minimum atomic E-state index is -0.566. The summed E-state index contributed by atoms with van der Waals surface area (Å²) >= 11 is 0. The van der Waals surface area contributed by atoms with Crippen LogP contribution in [-0.4, -0.2) is 30.6 Å². The lowest BCUT2D eigenvalue weighted by Gasteiger charge is -2.07. The highest BCUT2D eigenvalue weighted by molar-refractivity contribution is 5.96. The van der Waals surface area contributed by atoms with Gasteiger partial charge in [-0.05, 0) is 25.1 Å². The lowest BCUT2D eigenvalue weighted by Crippen LogP contribution is -2.32. The van der Waals surface area contributed by atoms with Gasteiger partial charge in [0.05, 0.1) is 5.56 Å². The zero-order valence-electron chi connectivity index (χ0n) is 9.79. The van der Waals surface area contributed by atoms with E-state index in [-0.39, 0.29) is 11.3 Å². The Balaban J connectivity index is 2.42. The predicted molar refractivity (Wildman–Crippen MR) is 63.6 cm³/mol. The summed E-state index contributed by atoms with van der Waals surface area (Å²) in [4.78, 5) is 11.6. The molecule has 0 aromatic heterocycles. The van der Waals surface area contributed by atoms with Crippen molar-refractivity contribution in [2.75, 3.05) is 19.6 Å². The zero-order chi connectivity index (χ0) is 12.7. The number of amides is 1. The minimum absolute atomic E-state index is 0.0851. The standard InChI is InChI=1S/C12H17FN2O2/c1-2-5-14-6-7-15-12(17)10-4-3-9(13)8-11(10)16/h3-4,8,14,16H,2,5-7H2,1H3,(H,15,17). The second-order valence-electron chi connectivity index (χ2n) is 3.67. The molecule has 5 heteroatoms. The second-order valence-corrected chi connectivity index (χ2v) is 3.67. The molecule has 0 unspecified atom stereocenters. The third kappa shape index (κ3) is 4.40. The molecule has 4 nitrogen and oxygen atoms in total. The topological polar surface area (TPSA) is 61.4 Å². The van der Waals surface area contributed by atoms with E-state index >= 15 is 0 Å². The van der Waals surface area contributed by atoms with Gasteiger partial charge < -0.3 is 15.7 Å². The Morgan fingerprint density at radius 3 is 2.76 bits per heavy atom. The summed E-state index contributed by atoms with van der Waals surface area (Å²) in [5, 5.41) is 15.1. The number of hydrogen-bond acceptors (Lipinski definition) is 3. The summed E-state index contributed by atoms with van der Waals surface area (Å²) in [5.74, 6) is -1.31. The van der Waals surface area contributed by atoms with E-state index < -0.39 is 11.7 Å². The van der Waals surface area contributed by atoms with E-state index in [9.17, 15) is 14.3 Å². The van der Waals surface area contributed by atoms with Gasteiger partial charge in [-0.2, -0.15) is 0 Å². The molecule has 0 saturated carbocycles. The van der Waals surface area contributed by atoms with Gasteiger partial charge in [-0.3, -0.25) is 4.79 Å². The molecular weight excluding hydrogens is 223 g/mol. The van der Waals surface area contributed by atoms with Crippen molar-refractivity contribution in [1.29, 1.82) is 0 Å². The molecule has 0 heterocycles. The van der Waals surface area contributed by atoms with Crippen LogP contribution in [0.25, 0.3) is 0 Å². The van der Waals surface area contributed by atoms with Crippen molar-refractivity contribution in [2.45, 2.75) is 13.3 Å². The molecule has 0 saturated heterocycles. The van der Waals surface area contributed by atoms with Crippen molar-refractivity contribution in [3.63, 3.8) is 0 Å². The van der Waals surface area contributed by atoms with Crippen LogP contribution in [0.4, 0.5) is 4.39 Å². The first-order valence-corrected chi connectivity index (χ1v) is 5.62. The highest BCUT2D eigenvalue weighted by Crippen LogP contribution is 2.17. The Bertz CT molecular complexity index is 383. The third-order valence-electron chi connectivity index (χ3n) is 2.22. The molecule has 1 amide bonds. The molecule has 0 aliphatic rings. The number of phenols is 1. The van der Waals surface area contributed by atoms with Crippen LogP contribution in [0.1, 0.15) is 23.7 Å². The van der Waals surface area contributed by atoms with Gasteiger partial charge in [-0.25, -0.2) is 4.39 Å². The Morgan fingerprint density at radius 1 is 1.35 bits per heavy atom. The molecule has 1 aromatic rings. The molecule has 0 spiro atoms. The fourth-order valence-corrected chi connectivity index (χ4v) is 1.36. The van der Waals surface area contributed by atoms with Gasteiger partial charge in [0.1, 0.15) is 11.6 Å². The summed E-state index contributed by atoms with van der Waals surface area (Å²) in [6.07, 6.45) is 1.03. The Kier molecular flexibility index (Phi) is 5.42. The summed E-state index contributed by atoms with van der Waals surface area (Å²) in [6, 6.07) is 3.33. The second kappa shape index (κ2) is 6.85. The van der Waals surface area contributed by atoms with Crippen LogP contribution in [0.5, 0.6) is 5.75 Å². The van der Waals surface area contributed by atoms with E-state index in [0.29, 0.717) is 13.1 Å². The van der Waals surface area contributed by atoms with E-state index in [1.165, 1.54) is 6.07 Å². The van der Waals surface area contributed by atoms with Gasteiger partial charge >= 0.3 is 0 Å². The van der Waals surface area contributed by atoms with Crippen molar-refractivity contribution in [2.24, 2.45) is 0 Å². The Labute approximate surface area is 99.8 Å². The monoisotopic (exact) mass is 240 g/mol. The van der Waals surface area contributed by atoms with Gasteiger partial charge in [0.25, 0.3) is 5.91 Å². The molecule has 17 heavy (non-hydrogen) atoms. The van der Waals surface area contributed by atoms with E-state index in [2.05, 4.69) is 17.6 Å². The molecule has 0 radical (unpaired) electrons. The highest BCUT2D eigenvalue weighted by atomic mass is 19.1. The summed E-state index contributed by atoms with van der Waals surface area (Å²) in [5.41, 5.74) is 0.0851. The Hall–Kier alpha value is -1.62. The van der Waals surface area contributed by atoms with E-state index in [1.807, 2.05) is 0 Å². The average Bonchev–Trinajstić information content (AvgIpc) is 2.28. The highest BCUT2D eigenvalue weighted by Gasteiger charge is 2.10. The van der Waals surface area contributed by atoms with Crippen LogP contribution in [-0.2, 0) is 0 Å². The quantitative estimate of drug-likeness (QED) is 0.656. The fourth-order valence-electron chi connectivity index (χ4n) is 1.36. The van der Waals surface area contributed by atoms with E-state index in [0.717, 1.165) is 25.1 Å². The van der Waals surface area contributed by atoms with Crippen LogP contribution >= 0.6 is 0 Å². The van der Waals surface area contributed by atoms with Crippen LogP contribution in [0.2, 0.25) is 0 Å². The zero-order valence-corrected chi connectivity index (χ0v) is 9.79. The molecular formula is C12H17FN2O2. The summed E-state index contributed by atoms with van der Waals surface area (Å²) < 4.78 is 12.7. The molecule has 0 fully saturated rings. The number of hydrogen-bond donors (Lipinski definition) is 3. The van der Waals surface area contributed by atoms with Crippen molar-refractivity contribution >= 4 is 5.91 Å². The van der Waals surface area contributed by atoms with Crippen LogP contribution in [0, 0.1) is 5.82 Å². The van der Waals surface area contributed by atoms with Crippen LogP contribution in [0.15, 0.2) is 18.2 Å². The summed E-state index contributed by atoms with van der Waals surface area (Å²) in [7, 11) is 0. The van der Waals surface area contributed by atoms with Gasteiger partial charge in [0.2, 0.25) is 0 Å². The largest absolute Gasteiger partial charge is 0.507 e. The van der Waals surface area contributed by atoms with Crippen molar-refractivity contribution < 1.29 is 14.3 Å². The van der Waals surface area contributed by atoms with Gasteiger partial charge in [-0.15, -0.1) is 0 Å². The van der Waals surface area contributed by atoms with Gasteiger partial charge in [0.15, 0.2) is 0 Å². The Morgan fingerprint density at radius 2 is 2.12 bits per heavy atom. The normalized spacial score (nSPS) is 10.2. The van der Waals surface area contributed by atoms with Gasteiger partial charge in [-0.1, -0.05) is 6.92 Å².